The van der Waals surface area contributed by atoms with Gasteiger partial charge in [-0.25, -0.2) is 0 Å². The van der Waals surface area contributed by atoms with Crippen LogP contribution in [0.25, 0.3) is 6.08 Å². The van der Waals surface area contributed by atoms with Crippen LogP contribution in [0.3, 0.4) is 0 Å². The van der Waals surface area contributed by atoms with Gasteiger partial charge < -0.3 is 14.9 Å². The SMILES string of the molecule is Cc1cccc(N2CCN(C3=NC(=O)/C(=C\c4ccc([O-])c([N+](=O)[O-])c4)S3)CC2)c1. The first-order chi connectivity index (χ1) is 14.4. The lowest BCUT2D eigenvalue weighted by Crippen LogP contribution is -2.47. The summed E-state index contributed by atoms with van der Waals surface area (Å²) in [5.74, 6) is -1.03. The minimum Gasteiger partial charge on any atom is -0.868 e. The van der Waals surface area contributed by atoms with Crippen molar-refractivity contribution in [2.75, 3.05) is 31.1 Å². The van der Waals surface area contributed by atoms with Crippen LogP contribution in [0, 0.1) is 17.0 Å². The molecule has 0 saturated carbocycles. The van der Waals surface area contributed by atoms with Gasteiger partial charge in [0.1, 0.15) is 0 Å². The van der Waals surface area contributed by atoms with Gasteiger partial charge >= 0.3 is 0 Å². The molecule has 0 bridgehead atoms. The van der Waals surface area contributed by atoms with Crippen LogP contribution in [0.4, 0.5) is 11.4 Å². The molecule has 9 heteroatoms. The highest BCUT2D eigenvalue weighted by Crippen LogP contribution is 2.32. The minimum atomic E-state index is -0.719. The number of aryl methyl sites for hydroxylation is 1. The molecule has 1 amide bonds. The Kier molecular flexibility index (Phi) is 5.45. The van der Waals surface area contributed by atoms with Crippen LogP contribution < -0.4 is 10.0 Å². The number of nitro groups is 1. The third-order valence-electron chi connectivity index (χ3n) is 5.00. The predicted octanol–water partition coefficient (Wildman–Crippen LogP) is 2.77. The smallest absolute Gasteiger partial charge is 0.286 e. The van der Waals surface area contributed by atoms with Crippen molar-refractivity contribution in [3.63, 3.8) is 0 Å². The molecule has 0 N–H and O–H groups in total. The van der Waals surface area contributed by atoms with Gasteiger partial charge in [-0.05, 0) is 53.8 Å². The van der Waals surface area contributed by atoms with Gasteiger partial charge in [0.2, 0.25) is 0 Å². The highest BCUT2D eigenvalue weighted by molar-refractivity contribution is 8.18. The first-order valence-electron chi connectivity index (χ1n) is 9.45. The van der Waals surface area contributed by atoms with E-state index in [2.05, 4.69) is 39.9 Å². The van der Waals surface area contributed by atoms with Crippen molar-refractivity contribution in [3.8, 4) is 5.75 Å². The molecule has 2 aliphatic rings. The van der Waals surface area contributed by atoms with Crippen molar-refractivity contribution in [2.45, 2.75) is 6.92 Å². The summed E-state index contributed by atoms with van der Waals surface area (Å²) in [6, 6.07) is 12.2. The van der Waals surface area contributed by atoms with Gasteiger partial charge in [0.05, 0.1) is 9.83 Å². The van der Waals surface area contributed by atoms with E-state index in [1.165, 1.54) is 35.1 Å². The van der Waals surface area contributed by atoms with Crippen LogP contribution in [0.5, 0.6) is 5.75 Å². The number of amides is 1. The van der Waals surface area contributed by atoms with Crippen LogP contribution in [0.2, 0.25) is 0 Å². The van der Waals surface area contributed by atoms with Crippen LogP contribution in [0.1, 0.15) is 11.1 Å². The maximum absolute atomic E-state index is 12.3. The Labute approximate surface area is 177 Å². The van der Waals surface area contributed by atoms with Crippen LogP contribution >= 0.6 is 11.8 Å². The molecule has 1 saturated heterocycles. The molecule has 2 heterocycles. The lowest BCUT2D eigenvalue weighted by molar-refractivity contribution is -0.398. The maximum atomic E-state index is 12.3. The molecular formula is C21H19N4O4S-. The summed E-state index contributed by atoms with van der Waals surface area (Å²) in [6.07, 6.45) is 1.54. The van der Waals surface area contributed by atoms with E-state index in [9.17, 15) is 20.0 Å². The minimum absolute atomic E-state index is 0.370. The molecule has 2 aliphatic heterocycles. The maximum Gasteiger partial charge on any atom is 0.286 e. The van der Waals surface area contributed by atoms with Crippen molar-refractivity contribution in [3.05, 3.63) is 68.6 Å². The molecule has 2 aromatic rings. The zero-order valence-corrected chi connectivity index (χ0v) is 17.1. The van der Waals surface area contributed by atoms with E-state index < -0.39 is 16.4 Å². The molecule has 8 nitrogen and oxygen atoms in total. The van der Waals surface area contributed by atoms with Crippen molar-refractivity contribution in [2.24, 2.45) is 4.99 Å². The quantitative estimate of drug-likeness (QED) is 0.425. The lowest BCUT2D eigenvalue weighted by Gasteiger charge is -2.36. The van der Waals surface area contributed by atoms with E-state index in [-0.39, 0.29) is 5.91 Å². The second kappa shape index (κ2) is 8.19. The fourth-order valence-corrected chi connectivity index (χ4v) is 4.40. The zero-order chi connectivity index (χ0) is 21.3. The normalized spacial score (nSPS) is 18.1. The van der Waals surface area contributed by atoms with E-state index >= 15 is 0 Å². The molecule has 0 aromatic heterocycles. The standard InChI is InChI=1S/C21H20N4O4S/c1-14-3-2-4-16(11-14)23-7-9-24(10-8-23)21-22-20(27)19(30-21)13-15-5-6-18(26)17(12-15)25(28)29/h2-6,11-13,26H,7-10H2,1H3/p-1/b19-13+. The average molecular weight is 423 g/mol. The Morgan fingerprint density at radius 1 is 1.10 bits per heavy atom. The number of benzene rings is 2. The topological polar surface area (TPSA) is 102 Å². The number of aliphatic imine (C=N–C) groups is 1. The number of anilines is 1. The molecular weight excluding hydrogens is 404 g/mol. The second-order valence-electron chi connectivity index (χ2n) is 7.11. The number of carbonyl (C=O) groups is 1. The molecule has 2 aromatic carbocycles. The Morgan fingerprint density at radius 2 is 1.83 bits per heavy atom. The van der Waals surface area contributed by atoms with E-state index in [0.29, 0.717) is 15.6 Å². The number of nitro benzene ring substituents is 1. The fraction of sp³-hybridized carbons (Fsp3) is 0.238. The van der Waals surface area contributed by atoms with Crippen molar-refractivity contribution >= 4 is 40.3 Å². The zero-order valence-electron chi connectivity index (χ0n) is 16.3. The van der Waals surface area contributed by atoms with Crippen LogP contribution in [-0.2, 0) is 4.79 Å². The van der Waals surface area contributed by atoms with Gasteiger partial charge in [-0.2, -0.15) is 4.99 Å². The second-order valence-corrected chi connectivity index (χ2v) is 8.12. The number of piperazine rings is 1. The molecule has 4 rings (SSSR count). The summed E-state index contributed by atoms with van der Waals surface area (Å²) in [7, 11) is 0. The Balaban J connectivity index is 1.43. The summed E-state index contributed by atoms with van der Waals surface area (Å²) in [5, 5.41) is 23.2. The molecule has 30 heavy (non-hydrogen) atoms. The number of thioether (sulfide) groups is 1. The molecule has 0 aliphatic carbocycles. The Morgan fingerprint density at radius 3 is 2.53 bits per heavy atom. The van der Waals surface area contributed by atoms with Gasteiger partial charge in [-0.3, -0.25) is 14.9 Å². The summed E-state index contributed by atoms with van der Waals surface area (Å²) in [5.41, 5.74) is 2.33. The van der Waals surface area contributed by atoms with Gasteiger partial charge in [0.25, 0.3) is 11.6 Å². The summed E-state index contributed by atoms with van der Waals surface area (Å²) in [6.45, 7) is 5.22. The van der Waals surface area contributed by atoms with E-state index in [1.807, 2.05) is 6.07 Å². The first kappa shape index (κ1) is 20.0. The third-order valence-corrected chi connectivity index (χ3v) is 6.05. The lowest BCUT2D eigenvalue weighted by atomic mass is 10.1. The number of amidine groups is 1. The van der Waals surface area contributed by atoms with Crippen LogP contribution in [-0.4, -0.2) is 47.1 Å². The molecule has 0 atom stereocenters. The first-order valence-corrected chi connectivity index (χ1v) is 10.3. The van der Waals surface area contributed by atoms with Gasteiger partial charge in [0.15, 0.2) is 5.17 Å². The molecule has 0 spiro atoms. The van der Waals surface area contributed by atoms with Gasteiger partial charge in [-0.15, -0.1) is 0 Å². The molecule has 1 fully saturated rings. The van der Waals surface area contributed by atoms with Crippen LogP contribution in [0.15, 0.2) is 52.4 Å². The molecule has 0 radical (unpaired) electrons. The monoisotopic (exact) mass is 423 g/mol. The summed E-state index contributed by atoms with van der Waals surface area (Å²) < 4.78 is 0. The van der Waals surface area contributed by atoms with E-state index in [4.69, 9.17) is 0 Å². The number of hydrogen-bond donors (Lipinski definition) is 0. The number of hydrogen-bond acceptors (Lipinski definition) is 7. The van der Waals surface area contributed by atoms with Crippen molar-refractivity contribution < 1.29 is 14.8 Å². The van der Waals surface area contributed by atoms with Gasteiger partial charge in [0, 0.05) is 37.9 Å². The van der Waals surface area contributed by atoms with Gasteiger partial charge in [-0.1, -0.05) is 24.3 Å². The van der Waals surface area contributed by atoms with Crippen molar-refractivity contribution in [1.82, 2.24) is 4.90 Å². The average Bonchev–Trinajstić information content (AvgIpc) is 3.09. The summed E-state index contributed by atoms with van der Waals surface area (Å²) >= 11 is 1.26. The molecule has 0 unspecified atom stereocenters. The number of rotatable bonds is 3. The molecule has 154 valence electrons. The predicted molar refractivity (Wildman–Crippen MR) is 116 cm³/mol. The van der Waals surface area contributed by atoms with Crippen molar-refractivity contribution in [1.29, 1.82) is 0 Å². The summed E-state index contributed by atoms with van der Waals surface area (Å²) in [4.78, 5) is 31.5. The Hall–Kier alpha value is -3.33. The third kappa shape index (κ3) is 4.16. The number of carbonyl (C=O) groups excluding carboxylic acids is 1. The highest BCUT2D eigenvalue weighted by atomic mass is 32.2. The highest BCUT2D eigenvalue weighted by Gasteiger charge is 2.28. The number of nitrogens with zero attached hydrogens (tertiary/aromatic N) is 4. The largest absolute Gasteiger partial charge is 0.868 e. The van der Waals surface area contributed by atoms with E-state index in [1.54, 1.807) is 6.08 Å². The Bertz CT molecular complexity index is 1070. The fourth-order valence-electron chi connectivity index (χ4n) is 3.43. The van der Waals surface area contributed by atoms with E-state index in [0.717, 1.165) is 32.2 Å².